The Morgan fingerprint density at radius 3 is 2.88 bits per heavy atom. The number of ketones is 1. The standard InChI is InChI=1S/C10H12N4OS/c1-6-13-7(5-16-6)3-9(15)8-4-12-14(2)10(8)11/h4-5H,3,11H2,1-2H3. The predicted molar refractivity (Wildman–Crippen MR) is 62.5 cm³/mol. The maximum Gasteiger partial charge on any atom is 0.174 e. The second-order valence-corrected chi connectivity index (χ2v) is 4.59. The number of aryl methyl sites for hydroxylation is 2. The molecule has 0 aromatic carbocycles. The summed E-state index contributed by atoms with van der Waals surface area (Å²) in [6.45, 7) is 1.91. The van der Waals surface area contributed by atoms with Crippen molar-refractivity contribution in [2.75, 3.05) is 5.73 Å². The Morgan fingerprint density at radius 2 is 2.38 bits per heavy atom. The largest absolute Gasteiger partial charge is 0.383 e. The van der Waals surface area contributed by atoms with Crippen LogP contribution in [0.2, 0.25) is 0 Å². The van der Waals surface area contributed by atoms with Gasteiger partial charge in [-0.2, -0.15) is 5.10 Å². The Kier molecular flexibility index (Phi) is 2.74. The van der Waals surface area contributed by atoms with Crippen LogP contribution in [-0.4, -0.2) is 20.5 Å². The Bertz CT molecular complexity index is 529. The fourth-order valence-corrected chi connectivity index (χ4v) is 2.02. The van der Waals surface area contributed by atoms with Gasteiger partial charge in [0.05, 0.1) is 28.9 Å². The molecule has 2 aromatic heterocycles. The number of rotatable bonds is 3. The molecule has 0 unspecified atom stereocenters. The number of aromatic nitrogens is 3. The van der Waals surface area contributed by atoms with E-state index >= 15 is 0 Å². The number of nitrogens with two attached hydrogens (primary N) is 1. The highest BCUT2D eigenvalue weighted by Gasteiger charge is 2.15. The van der Waals surface area contributed by atoms with Crippen LogP contribution in [0.25, 0.3) is 0 Å². The molecule has 5 nitrogen and oxygen atoms in total. The van der Waals surface area contributed by atoms with Gasteiger partial charge in [-0.05, 0) is 6.92 Å². The number of hydrogen-bond acceptors (Lipinski definition) is 5. The summed E-state index contributed by atoms with van der Waals surface area (Å²) in [5.41, 5.74) is 6.98. The summed E-state index contributed by atoms with van der Waals surface area (Å²) < 4.78 is 1.49. The van der Waals surface area contributed by atoms with E-state index in [4.69, 9.17) is 5.73 Å². The zero-order chi connectivity index (χ0) is 11.7. The first kappa shape index (κ1) is 10.8. The minimum atomic E-state index is -0.0455. The van der Waals surface area contributed by atoms with Gasteiger partial charge in [-0.3, -0.25) is 9.48 Å². The van der Waals surface area contributed by atoms with Gasteiger partial charge in [-0.15, -0.1) is 11.3 Å². The van der Waals surface area contributed by atoms with Gasteiger partial charge in [-0.1, -0.05) is 0 Å². The van der Waals surface area contributed by atoms with E-state index in [1.54, 1.807) is 7.05 Å². The molecule has 0 saturated carbocycles. The Hall–Kier alpha value is -1.69. The SMILES string of the molecule is Cc1nc(CC(=O)c2cnn(C)c2N)cs1. The van der Waals surface area contributed by atoms with Gasteiger partial charge in [0, 0.05) is 12.4 Å². The predicted octanol–water partition coefficient (Wildman–Crippen LogP) is 1.19. The van der Waals surface area contributed by atoms with Crippen molar-refractivity contribution in [3.05, 3.63) is 27.8 Å². The monoisotopic (exact) mass is 236 g/mol. The van der Waals surface area contributed by atoms with Crippen molar-refractivity contribution in [3.63, 3.8) is 0 Å². The molecule has 2 aromatic rings. The van der Waals surface area contributed by atoms with E-state index < -0.39 is 0 Å². The van der Waals surface area contributed by atoms with Gasteiger partial charge in [-0.25, -0.2) is 4.98 Å². The molecule has 0 spiro atoms. The molecular formula is C10H12N4OS. The summed E-state index contributed by atoms with van der Waals surface area (Å²) in [7, 11) is 1.71. The van der Waals surface area contributed by atoms with Crippen molar-refractivity contribution < 1.29 is 4.79 Å². The van der Waals surface area contributed by atoms with Crippen LogP contribution in [0.15, 0.2) is 11.6 Å². The fourth-order valence-electron chi connectivity index (χ4n) is 1.41. The highest BCUT2D eigenvalue weighted by molar-refractivity contribution is 7.09. The average Bonchev–Trinajstić information content (AvgIpc) is 2.76. The smallest absolute Gasteiger partial charge is 0.174 e. The van der Waals surface area contributed by atoms with E-state index in [2.05, 4.69) is 10.1 Å². The third-order valence-electron chi connectivity index (χ3n) is 2.29. The molecule has 2 heterocycles. The van der Waals surface area contributed by atoms with Crippen molar-refractivity contribution in [3.8, 4) is 0 Å². The van der Waals surface area contributed by atoms with E-state index in [0.717, 1.165) is 10.7 Å². The first-order valence-corrected chi connectivity index (χ1v) is 5.67. The van der Waals surface area contributed by atoms with Crippen molar-refractivity contribution in [2.45, 2.75) is 13.3 Å². The summed E-state index contributed by atoms with van der Waals surface area (Å²) in [6, 6.07) is 0. The molecule has 0 fully saturated rings. The van der Waals surface area contributed by atoms with Gasteiger partial charge in [0.25, 0.3) is 0 Å². The summed E-state index contributed by atoms with van der Waals surface area (Å²) >= 11 is 1.54. The maximum absolute atomic E-state index is 11.9. The maximum atomic E-state index is 11.9. The van der Waals surface area contributed by atoms with Crippen LogP contribution in [0.1, 0.15) is 21.1 Å². The van der Waals surface area contributed by atoms with Crippen molar-refractivity contribution in [1.82, 2.24) is 14.8 Å². The van der Waals surface area contributed by atoms with Crippen molar-refractivity contribution in [1.29, 1.82) is 0 Å². The second kappa shape index (κ2) is 4.05. The van der Waals surface area contributed by atoms with Crippen LogP contribution in [0.3, 0.4) is 0 Å². The molecule has 0 bridgehead atoms. The van der Waals surface area contributed by atoms with Crippen LogP contribution >= 0.6 is 11.3 Å². The Balaban J connectivity index is 2.18. The van der Waals surface area contributed by atoms with Crippen LogP contribution in [0.4, 0.5) is 5.82 Å². The van der Waals surface area contributed by atoms with Gasteiger partial charge >= 0.3 is 0 Å². The normalized spacial score (nSPS) is 10.6. The number of thiazole rings is 1. The average molecular weight is 236 g/mol. The van der Waals surface area contributed by atoms with Crippen LogP contribution < -0.4 is 5.73 Å². The Labute approximate surface area is 96.9 Å². The fraction of sp³-hybridized carbons (Fsp3) is 0.300. The molecule has 0 saturated heterocycles. The molecule has 0 atom stereocenters. The van der Waals surface area contributed by atoms with Crippen molar-refractivity contribution >= 4 is 22.9 Å². The number of nitrogen functional groups attached to an aromatic ring is 1. The summed E-state index contributed by atoms with van der Waals surface area (Å²) in [5.74, 6) is 0.354. The lowest BCUT2D eigenvalue weighted by Gasteiger charge is -1.98. The molecular weight excluding hydrogens is 224 g/mol. The van der Waals surface area contributed by atoms with E-state index in [-0.39, 0.29) is 12.2 Å². The van der Waals surface area contributed by atoms with E-state index in [1.807, 2.05) is 12.3 Å². The minimum Gasteiger partial charge on any atom is -0.383 e. The van der Waals surface area contributed by atoms with Crippen LogP contribution in [-0.2, 0) is 13.5 Å². The molecule has 0 radical (unpaired) electrons. The lowest BCUT2D eigenvalue weighted by Crippen LogP contribution is -2.07. The first-order valence-electron chi connectivity index (χ1n) is 4.79. The molecule has 0 aliphatic rings. The van der Waals surface area contributed by atoms with E-state index in [1.165, 1.54) is 22.2 Å². The minimum absolute atomic E-state index is 0.0455. The molecule has 0 amide bonds. The summed E-state index contributed by atoms with van der Waals surface area (Å²) in [6.07, 6.45) is 1.77. The number of nitrogens with zero attached hydrogens (tertiary/aromatic N) is 3. The molecule has 16 heavy (non-hydrogen) atoms. The van der Waals surface area contributed by atoms with Gasteiger partial charge in [0.15, 0.2) is 5.78 Å². The zero-order valence-corrected chi connectivity index (χ0v) is 9.91. The highest BCUT2D eigenvalue weighted by atomic mass is 32.1. The van der Waals surface area contributed by atoms with Gasteiger partial charge < -0.3 is 5.73 Å². The molecule has 6 heteroatoms. The third-order valence-corrected chi connectivity index (χ3v) is 3.12. The first-order chi connectivity index (χ1) is 7.58. The number of hydrogen-bond donors (Lipinski definition) is 1. The lowest BCUT2D eigenvalue weighted by atomic mass is 10.1. The Morgan fingerprint density at radius 1 is 1.62 bits per heavy atom. The van der Waals surface area contributed by atoms with E-state index in [0.29, 0.717) is 11.4 Å². The van der Waals surface area contributed by atoms with Gasteiger partial charge in [0.2, 0.25) is 0 Å². The second-order valence-electron chi connectivity index (χ2n) is 3.52. The number of anilines is 1. The lowest BCUT2D eigenvalue weighted by molar-refractivity contribution is 0.0993. The van der Waals surface area contributed by atoms with Crippen LogP contribution in [0, 0.1) is 6.92 Å². The van der Waals surface area contributed by atoms with Gasteiger partial charge in [0.1, 0.15) is 5.82 Å². The molecule has 0 aliphatic carbocycles. The molecule has 84 valence electrons. The molecule has 0 aliphatic heterocycles. The third kappa shape index (κ3) is 1.96. The molecule has 2 rings (SSSR count). The quantitative estimate of drug-likeness (QED) is 0.812. The molecule has 2 N–H and O–H groups in total. The van der Waals surface area contributed by atoms with Crippen LogP contribution in [0.5, 0.6) is 0 Å². The number of carbonyl (C=O) groups excluding carboxylic acids is 1. The number of carbonyl (C=O) groups is 1. The summed E-state index contributed by atoms with van der Waals surface area (Å²) in [4.78, 5) is 16.1. The van der Waals surface area contributed by atoms with E-state index in [9.17, 15) is 4.79 Å². The van der Waals surface area contributed by atoms with Crippen molar-refractivity contribution in [2.24, 2.45) is 7.05 Å². The topological polar surface area (TPSA) is 73.8 Å². The zero-order valence-electron chi connectivity index (χ0n) is 9.10. The number of Topliss-reactive ketones (excluding diaryl/α,β-unsaturated/α-hetero) is 1. The summed E-state index contributed by atoms with van der Waals surface area (Å²) in [5, 5.41) is 6.79. The highest BCUT2D eigenvalue weighted by Crippen LogP contribution is 2.15.